The first-order valence-electron chi connectivity index (χ1n) is 8.14. The van der Waals surface area contributed by atoms with Crippen LogP contribution in [0.4, 0.5) is 0 Å². The van der Waals surface area contributed by atoms with Gasteiger partial charge in [0.25, 0.3) is 0 Å². The van der Waals surface area contributed by atoms with Gasteiger partial charge in [0.1, 0.15) is 0 Å². The molecule has 3 rings (SSSR count). The molecule has 0 saturated carbocycles. The van der Waals surface area contributed by atoms with Crippen LogP contribution in [0.2, 0.25) is 0 Å². The monoisotopic (exact) mass is 301 g/mol. The Kier molecular flexibility index (Phi) is 4.04. The molecule has 1 atom stereocenters. The van der Waals surface area contributed by atoms with Gasteiger partial charge in [-0.15, -0.1) is 0 Å². The van der Waals surface area contributed by atoms with Crippen molar-refractivity contribution >= 4 is 11.3 Å². The van der Waals surface area contributed by atoms with Crippen LogP contribution in [0.5, 0.6) is 0 Å². The number of allylic oxidation sites excluding steroid dienone is 4. The van der Waals surface area contributed by atoms with E-state index in [0.717, 1.165) is 11.1 Å². The van der Waals surface area contributed by atoms with Gasteiger partial charge >= 0.3 is 0 Å². The predicted molar refractivity (Wildman–Crippen MR) is 98.9 cm³/mol. The van der Waals surface area contributed by atoms with Crippen LogP contribution in [0.15, 0.2) is 71.3 Å². The summed E-state index contributed by atoms with van der Waals surface area (Å²) in [5.41, 5.74) is 9.35. The molecule has 0 bridgehead atoms. The Morgan fingerprint density at radius 1 is 0.826 bits per heavy atom. The zero-order chi connectivity index (χ0) is 16.6. The van der Waals surface area contributed by atoms with Gasteiger partial charge in [-0.2, -0.15) is 0 Å². The Morgan fingerprint density at radius 2 is 1.43 bits per heavy atom. The molecule has 0 heterocycles. The van der Waals surface area contributed by atoms with E-state index in [-0.39, 0.29) is 0 Å². The van der Waals surface area contributed by atoms with Crippen molar-refractivity contribution in [3.05, 3.63) is 88.0 Å². The van der Waals surface area contributed by atoms with Crippen molar-refractivity contribution in [3.8, 4) is 0 Å². The molecule has 1 N–H and O–H groups in total. The Bertz CT molecular complexity index is 822. The number of hydrogen-bond acceptors (Lipinski definition) is 1. The van der Waals surface area contributed by atoms with Crippen molar-refractivity contribution in [1.82, 2.24) is 0 Å². The first kappa shape index (κ1) is 15.5. The largest absolute Gasteiger partial charge is 0.300 e. The van der Waals surface area contributed by atoms with E-state index in [0.29, 0.717) is 11.6 Å². The van der Waals surface area contributed by atoms with E-state index in [2.05, 4.69) is 45.9 Å². The quantitative estimate of drug-likeness (QED) is 0.686. The summed E-state index contributed by atoms with van der Waals surface area (Å²) in [5, 5.41) is 8.67. The Labute approximate surface area is 138 Å². The molecule has 1 aliphatic carbocycles. The molecule has 116 valence electrons. The first-order valence-corrected chi connectivity index (χ1v) is 8.14. The third-order valence-electron chi connectivity index (χ3n) is 5.19. The number of rotatable bonds is 3. The van der Waals surface area contributed by atoms with Gasteiger partial charge in [0.15, 0.2) is 0 Å². The minimum Gasteiger partial charge on any atom is -0.300 e. The van der Waals surface area contributed by atoms with Crippen LogP contribution in [0.3, 0.4) is 0 Å². The SMILES string of the molecule is CC1=C(C)C(C)C(c2ccccc2C(=N)c2ccccc2)=C1C. The Balaban J connectivity index is 2.13. The zero-order valence-corrected chi connectivity index (χ0v) is 14.3. The maximum Gasteiger partial charge on any atom is 0.0690 e. The van der Waals surface area contributed by atoms with Gasteiger partial charge in [0, 0.05) is 17.0 Å². The van der Waals surface area contributed by atoms with E-state index in [4.69, 9.17) is 5.41 Å². The minimum absolute atomic E-state index is 0.416. The average molecular weight is 301 g/mol. The van der Waals surface area contributed by atoms with Crippen LogP contribution in [0.25, 0.3) is 5.57 Å². The fourth-order valence-electron chi connectivity index (χ4n) is 3.50. The molecule has 0 spiro atoms. The molecule has 0 aliphatic heterocycles. The lowest BCUT2D eigenvalue weighted by Gasteiger charge is -2.18. The Hall–Kier alpha value is -2.41. The molecule has 0 fully saturated rings. The summed E-state index contributed by atoms with van der Waals surface area (Å²) < 4.78 is 0. The highest BCUT2D eigenvalue weighted by Gasteiger charge is 2.26. The van der Waals surface area contributed by atoms with Gasteiger partial charge in [-0.25, -0.2) is 0 Å². The highest BCUT2D eigenvalue weighted by molar-refractivity contribution is 6.13. The number of nitrogens with one attached hydrogen (secondary N) is 1. The average Bonchev–Trinajstić information content (AvgIpc) is 2.78. The van der Waals surface area contributed by atoms with Gasteiger partial charge < -0.3 is 0 Å². The summed E-state index contributed by atoms with van der Waals surface area (Å²) in [4.78, 5) is 0. The second-order valence-corrected chi connectivity index (χ2v) is 6.35. The fourth-order valence-corrected chi connectivity index (χ4v) is 3.50. The second-order valence-electron chi connectivity index (χ2n) is 6.35. The summed E-state index contributed by atoms with van der Waals surface area (Å²) in [5.74, 6) is 0.416. The summed E-state index contributed by atoms with van der Waals surface area (Å²) in [7, 11) is 0. The van der Waals surface area contributed by atoms with Crippen LogP contribution in [0, 0.1) is 11.3 Å². The zero-order valence-electron chi connectivity index (χ0n) is 14.3. The molecule has 1 nitrogen and oxygen atoms in total. The van der Waals surface area contributed by atoms with Crippen LogP contribution in [-0.2, 0) is 0 Å². The van der Waals surface area contributed by atoms with Crippen molar-refractivity contribution < 1.29 is 0 Å². The molecule has 0 aromatic heterocycles. The maximum absolute atomic E-state index is 8.67. The van der Waals surface area contributed by atoms with Gasteiger partial charge in [-0.3, -0.25) is 5.41 Å². The molecule has 0 radical (unpaired) electrons. The molecule has 1 unspecified atom stereocenters. The number of benzene rings is 2. The lowest BCUT2D eigenvalue weighted by Crippen LogP contribution is -2.07. The van der Waals surface area contributed by atoms with E-state index < -0.39 is 0 Å². The lowest BCUT2D eigenvalue weighted by atomic mass is 9.86. The molecule has 2 aromatic carbocycles. The standard InChI is InChI=1S/C22H23N/c1-14-15(2)17(4)21(16(14)3)19-12-8-9-13-20(19)22(23)18-10-6-5-7-11-18/h5-13,16,23H,1-4H3. The maximum atomic E-state index is 8.67. The summed E-state index contributed by atoms with van der Waals surface area (Å²) >= 11 is 0. The van der Waals surface area contributed by atoms with E-state index in [1.54, 1.807) is 0 Å². The summed E-state index contributed by atoms with van der Waals surface area (Å²) in [6, 6.07) is 18.3. The summed E-state index contributed by atoms with van der Waals surface area (Å²) in [6.45, 7) is 8.91. The second kappa shape index (κ2) is 6.00. The lowest BCUT2D eigenvalue weighted by molar-refractivity contribution is 0.894. The van der Waals surface area contributed by atoms with Gasteiger partial charge in [-0.05, 0) is 43.1 Å². The van der Waals surface area contributed by atoms with E-state index in [1.165, 1.54) is 27.9 Å². The van der Waals surface area contributed by atoms with Crippen molar-refractivity contribution in [2.45, 2.75) is 27.7 Å². The van der Waals surface area contributed by atoms with Crippen molar-refractivity contribution in [1.29, 1.82) is 5.41 Å². The molecule has 1 heteroatoms. The van der Waals surface area contributed by atoms with Crippen LogP contribution < -0.4 is 0 Å². The molecular weight excluding hydrogens is 278 g/mol. The third kappa shape index (κ3) is 2.57. The molecule has 23 heavy (non-hydrogen) atoms. The predicted octanol–water partition coefficient (Wildman–Crippen LogP) is 5.86. The molecular formula is C22H23N. The highest BCUT2D eigenvalue weighted by Crippen LogP contribution is 2.43. The summed E-state index contributed by atoms with van der Waals surface area (Å²) in [6.07, 6.45) is 0. The van der Waals surface area contributed by atoms with Gasteiger partial charge in [0.2, 0.25) is 0 Å². The number of hydrogen-bond donors (Lipinski definition) is 1. The van der Waals surface area contributed by atoms with Crippen molar-refractivity contribution in [2.75, 3.05) is 0 Å². The van der Waals surface area contributed by atoms with E-state index in [1.807, 2.05) is 36.4 Å². The topological polar surface area (TPSA) is 23.9 Å². The van der Waals surface area contributed by atoms with Crippen molar-refractivity contribution in [2.24, 2.45) is 5.92 Å². The molecule has 0 saturated heterocycles. The van der Waals surface area contributed by atoms with Crippen molar-refractivity contribution in [3.63, 3.8) is 0 Å². The minimum atomic E-state index is 0.416. The highest BCUT2D eigenvalue weighted by atomic mass is 14.4. The molecule has 2 aromatic rings. The van der Waals surface area contributed by atoms with E-state index in [9.17, 15) is 0 Å². The molecule has 1 aliphatic rings. The smallest absolute Gasteiger partial charge is 0.0690 e. The Morgan fingerprint density at radius 3 is 2.04 bits per heavy atom. The third-order valence-corrected chi connectivity index (χ3v) is 5.19. The van der Waals surface area contributed by atoms with E-state index >= 15 is 0 Å². The molecule has 0 amide bonds. The van der Waals surface area contributed by atoms with Gasteiger partial charge in [0.05, 0.1) is 5.71 Å². The van der Waals surface area contributed by atoms with Crippen LogP contribution >= 0.6 is 0 Å². The first-order chi connectivity index (χ1) is 11.0. The fraction of sp³-hybridized carbons (Fsp3) is 0.227. The van der Waals surface area contributed by atoms with Crippen LogP contribution in [0.1, 0.15) is 44.4 Å². The van der Waals surface area contributed by atoms with Crippen LogP contribution in [-0.4, -0.2) is 5.71 Å². The normalized spacial score (nSPS) is 17.8. The van der Waals surface area contributed by atoms with Gasteiger partial charge in [-0.1, -0.05) is 67.1 Å².